The first-order chi connectivity index (χ1) is 7.47. The Morgan fingerprint density at radius 1 is 1.62 bits per heavy atom. The molecular weight excluding hydrogens is 228 g/mol. The number of hydrogen-bond donors (Lipinski definition) is 2. The zero-order valence-corrected chi connectivity index (χ0v) is 10.4. The molecule has 1 heterocycles. The van der Waals surface area contributed by atoms with Crippen molar-refractivity contribution in [3.05, 3.63) is 10.6 Å². The zero-order valence-electron chi connectivity index (χ0n) is 9.61. The summed E-state index contributed by atoms with van der Waals surface area (Å²) in [6.45, 7) is 5.11. The Bertz CT molecular complexity index is 341. The second-order valence-corrected chi connectivity index (χ2v) is 4.60. The van der Waals surface area contributed by atoms with Gasteiger partial charge in [-0.1, -0.05) is 6.92 Å². The molecule has 0 saturated carbocycles. The van der Waals surface area contributed by atoms with E-state index in [9.17, 15) is 9.59 Å². The third-order valence-electron chi connectivity index (χ3n) is 2.43. The molecule has 0 bridgehead atoms. The van der Waals surface area contributed by atoms with Crippen molar-refractivity contribution in [1.29, 1.82) is 0 Å². The number of hydrogen-bond acceptors (Lipinski definition) is 4. The predicted molar refractivity (Wildman–Crippen MR) is 62.2 cm³/mol. The lowest BCUT2D eigenvalue weighted by atomic mass is 10.1. The summed E-state index contributed by atoms with van der Waals surface area (Å²) >= 11 is 1.47. The molecule has 1 rings (SSSR count). The maximum absolute atomic E-state index is 11.0. The van der Waals surface area contributed by atoms with Crippen molar-refractivity contribution in [3.8, 4) is 0 Å². The SMILES string of the molecule is CCC(C(=O)O)C1=C(C)N(NC(C)=O)CS1. The molecule has 1 amide bonds. The molecule has 5 nitrogen and oxygen atoms in total. The van der Waals surface area contributed by atoms with Crippen LogP contribution in [-0.4, -0.2) is 27.9 Å². The number of amides is 1. The second-order valence-electron chi connectivity index (χ2n) is 3.62. The van der Waals surface area contributed by atoms with Crippen molar-refractivity contribution in [2.45, 2.75) is 27.2 Å². The van der Waals surface area contributed by atoms with E-state index in [0.29, 0.717) is 12.3 Å². The smallest absolute Gasteiger partial charge is 0.311 e. The van der Waals surface area contributed by atoms with Gasteiger partial charge in [-0.15, -0.1) is 11.8 Å². The van der Waals surface area contributed by atoms with Crippen LogP contribution in [0.25, 0.3) is 0 Å². The Morgan fingerprint density at radius 2 is 2.25 bits per heavy atom. The van der Waals surface area contributed by atoms with E-state index in [0.717, 1.165) is 10.6 Å². The Balaban J connectivity index is 2.84. The molecule has 2 N–H and O–H groups in total. The number of nitrogens with one attached hydrogen (secondary N) is 1. The number of aliphatic carboxylic acids is 1. The van der Waals surface area contributed by atoms with Crippen molar-refractivity contribution in [2.75, 3.05) is 5.88 Å². The second kappa shape index (κ2) is 5.25. The number of carbonyl (C=O) groups excluding carboxylic acids is 1. The van der Waals surface area contributed by atoms with Crippen LogP contribution in [0.5, 0.6) is 0 Å². The monoisotopic (exact) mass is 244 g/mol. The largest absolute Gasteiger partial charge is 0.481 e. The van der Waals surface area contributed by atoms with Gasteiger partial charge in [0.1, 0.15) is 0 Å². The standard InChI is InChI=1S/C10H16N2O3S/c1-4-8(10(14)15)9-6(2)12(5-16-9)11-7(3)13/h8H,4-5H2,1-3H3,(H,11,13)(H,14,15). The number of allylic oxidation sites excluding steroid dienone is 1. The summed E-state index contributed by atoms with van der Waals surface area (Å²) in [5, 5.41) is 10.8. The fourth-order valence-electron chi connectivity index (χ4n) is 1.60. The van der Waals surface area contributed by atoms with Gasteiger partial charge in [-0.05, 0) is 13.3 Å². The number of carboxylic acids is 1. The Kier molecular flexibility index (Phi) is 4.23. The van der Waals surface area contributed by atoms with Gasteiger partial charge in [0.25, 0.3) is 0 Å². The molecule has 0 saturated heterocycles. The molecule has 1 aliphatic heterocycles. The normalized spacial score (nSPS) is 17.6. The van der Waals surface area contributed by atoms with Gasteiger partial charge in [-0.2, -0.15) is 0 Å². The van der Waals surface area contributed by atoms with Crippen LogP contribution in [0.15, 0.2) is 10.6 Å². The van der Waals surface area contributed by atoms with E-state index in [1.165, 1.54) is 18.7 Å². The van der Waals surface area contributed by atoms with E-state index in [-0.39, 0.29) is 5.91 Å². The van der Waals surface area contributed by atoms with Crippen LogP contribution in [0, 0.1) is 5.92 Å². The van der Waals surface area contributed by atoms with Crippen LogP contribution in [-0.2, 0) is 9.59 Å². The van der Waals surface area contributed by atoms with E-state index < -0.39 is 11.9 Å². The van der Waals surface area contributed by atoms with Crippen LogP contribution in [0.4, 0.5) is 0 Å². The van der Waals surface area contributed by atoms with Gasteiger partial charge in [-0.3, -0.25) is 20.0 Å². The van der Waals surface area contributed by atoms with Gasteiger partial charge < -0.3 is 5.11 Å². The van der Waals surface area contributed by atoms with Gasteiger partial charge >= 0.3 is 5.97 Å². The number of nitrogens with zero attached hydrogens (tertiary/aromatic N) is 1. The number of hydrazine groups is 1. The van der Waals surface area contributed by atoms with Crippen molar-refractivity contribution < 1.29 is 14.7 Å². The maximum atomic E-state index is 11.0. The minimum Gasteiger partial charge on any atom is -0.481 e. The molecule has 0 aliphatic carbocycles. The van der Waals surface area contributed by atoms with Gasteiger partial charge in [0.15, 0.2) is 0 Å². The third-order valence-corrected chi connectivity index (χ3v) is 3.70. The minimum absolute atomic E-state index is 0.149. The summed E-state index contributed by atoms with van der Waals surface area (Å²) in [5.41, 5.74) is 3.49. The molecular formula is C10H16N2O3S. The fraction of sp³-hybridized carbons (Fsp3) is 0.600. The summed E-state index contributed by atoms with van der Waals surface area (Å²) in [6.07, 6.45) is 0.558. The lowest BCUT2D eigenvalue weighted by Crippen LogP contribution is -2.37. The quantitative estimate of drug-likeness (QED) is 0.782. The summed E-state index contributed by atoms with van der Waals surface area (Å²) < 4.78 is 0. The van der Waals surface area contributed by atoms with Crippen LogP contribution < -0.4 is 5.43 Å². The maximum Gasteiger partial charge on any atom is 0.311 e. The summed E-state index contributed by atoms with van der Waals surface area (Å²) in [5.74, 6) is -0.854. The van der Waals surface area contributed by atoms with Gasteiger partial charge in [0.2, 0.25) is 5.91 Å². The van der Waals surface area contributed by atoms with Crippen LogP contribution in [0.3, 0.4) is 0 Å². The number of rotatable bonds is 4. The predicted octanol–water partition coefficient (Wildman–Crippen LogP) is 1.39. The zero-order chi connectivity index (χ0) is 12.3. The van der Waals surface area contributed by atoms with Gasteiger partial charge in [0.05, 0.1) is 11.8 Å². The van der Waals surface area contributed by atoms with Crippen molar-refractivity contribution in [2.24, 2.45) is 5.92 Å². The molecule has 90 valence electrons. The van der Waals surface area contributed by atoms with Crippen molar-refractivity contribution >= 4 is 23.6 Å². The third kappa shape index (κ3) is 2.69. The molecule has 6 heteroatoms. The van der Waals surface area contributed by atoms with E-state index in [2.05, 4.69) is 5.43 Å². The van der Waals surface area contributed by atoms with Crippen LogP contribution in [0.2, 0.25) is 0 Å². The highest BCUT2D eigenvalue weighted by Gasteiger charge is 2.29. The van der Waals surface area contributed by atoms with Crippen LogP contribution in [0.1, 0.15) is 27.2 Å². The Hall–Kier alpha value is -1.17. The number of carbonyl (C=O) groups is 2. The summed E-state index contributed by atoms with van der Waals surface area (Å²) in [7, 11) is 0. The first-order valence-corrected chi connectivity index (χ1v) is 6.07. The first-order valence-electron chi connectivity index (χ1n) is 5.08. The summed E-state index contributed by atoms with van der Waals surface area (Å²) in [6, 6.07) is 0. The number of carboxylic acid groups (broad SMARTS) is 1. The summed E-state index contributed by atoms with van der Waals surface area (Å²) in [4.78, 5) is 22.8. The molecule has 0 aromatic rings. The Morgan fingerprint density at radius 3 is 2.69 bits per heavy atom. The van der Waals surface area contributed by atoms with Gasteiger partial charge in [-0.25, -0.2) is 0 Å². The van der Waals surface area contributed by atoms with Crippen molar-refractivity contribution in [3.63, 3.8) is 0 Å². The lowest BCUT2D eigenvalue weighted by Gasteiger charge is -2.19. The average Bonchev–Trinajstić information content (AvgIpc) is 2.50. The molecule has 0 aromatic carbocycles. The molecule has 0 fully saturated rings. The minimum atomic E-state index is -0.811. The molecule has 0 aromatic heterocycles. The van der Waals surface area contributed by atoms with E-state index in [1.54, 1.807) is 5.01 Å². The van der Waals surface area contributed by atoms with E-state index in [1.807, 2.05) is 13.8 Å². The highest BCUT2D eigenvalue weighted by molar-refractivity contribution is 8.03. The van der Waals surface area contributed by atoms with E-state index in [4.69, 9.17) is 5.11 Å². The van der Waals surface area contributed by atoms with Gasteiger partial charge in [0, 0.05) is 17.5 Å². The highest BCUT2D eigenvalue weighted by atomic mass is 32.2. The average molecular weight is 244 g/mol. The topological polar surface area (TPSA) is 69.6 Å². The van der Waals surface area contributed by atoms with E-state index >= 15 is 0 Å². The van der Waals surface area contributed by atoms with Crippen molar-refractivity contribution in [1.82, 2.24) is 10.4 Å². The molecule has 1 atom stereocenters. The fourth-order valence-corrected chi connectivity index (χ4v) is 2.91. The molecule has 16 heavy (non-hydrogen) atoms. The molecule has 0 spiro atoms. The highest BCUT2D eigenvalue weighted by Crippen LogP contribution is 2.37. The number of thioether (sulfide) groups is 1. The lowest BCUT2D eigenvalue weighted by molar-refractivity contribution is -0.140. The molecule has 0 radical (unpaired) electrons. The molecule has 1 aliphatic rings. The first kappa shape index (κ1) is 12.9. The Labute approximate surface area is 98.8 Å². The molecule has 1 unspecified atom stereocenters. The van der Waals surface area contributed by atoms with Crippen LogP contribution >= 0.6 is 11.8 Å².